The van der Waals surface area contributed by atoms with Crippen molar-refractivity contribution < 1.29 is 108 Å². The molecule has 11 nitrogen and oxygen atoms in total. The van der Waals surface area contributed by atoms with Crippen molar-refractivity contribution in [2.45, 2.75) is 88.5 Å². The van der Waals surface area contributed by atoms with Crippen LogP contribution in [0, 0.1) is 110 Å². The van der Waals surface area contributed by atoms with E-state index >= 15 is 0 Å². The van der Waals surface area contributed by atoms with Gasteiger partial charge < -0.3 is 39.9 Å². The maximum absolute atomic E-state index is 7.91. The first-order valence-electron chi connectivity index (χ1n) is 52.5. The van der Waals surface area contributed by atoms with Crippen molar-refractivity contribution in [3.63, 3.8) is 0 Å². The van der Waals surface area contributed by atoms with Gasteiger partial charge in [0.1, 0.15) is 0 Å². The van der Waals surface area contributed by atoms with Crippen LogP contribution in [-0.2, 0) is 93.2 Å². The Hall–Kier alpha value is -13.8. The summed E-state index contributed by atoms with van der Waals surface area (Å²) < 4.78 is 149. The molecule has 0 fully saturated rings. The molecule has 0 aliphatic heterocycles. The summed E-state index contributed by atoms with van der Waals surface area (Å²) >= 11 is 0. The molecule has 0 aliphatic rings. The van der Waals surface area contributed by atoms with Gasteiger partial charge in [-0.3, -0.25) is 15.0 Å². The van der Waals surface area contributed by atoms with Crippen molar-refractivity contribution in [2.24, 2.45) is 0 Å². The molecule has 137 heavy (non-hydrogen) atoms. The molecule has 0 bridgehead atoms. The minimum absolute atomic E-state index is 0. The molecular weight excluding hydrogens is 2390 g/mol. The first-order chi connectivity index (χ1) is 73.1. The molecule has 11 aromatic heterocycles. The van der Waals surface area contributed by atoms with Gasteiger partial charge in [-0.05, 0) is 203 Å². The molecule has 0 spiro atoms. The van der Waals surface area contributed by atoms with Crippen LogP contribution < -0.4 is 0 Å². The monoisotopic (exact) mass is 2510 g/mol. The zero-order chi connectivity index (χ0) is 110. The molecule has 0 saturated carbocycles. The zero-order valence-electron chi connectivity index (χ0n) is 95.1. The number of hydrogen-bond donors (Lipinski definition) is 0. The van der Waals surface area contributed by atoms with E-state index in [-0.39, 0.29) is 91.5 Å². The van der Waals surface area contributed by atoms with Crippen LogP contribution in [0.25, 0.3) is 135 Å². The first-order valence-corrected chi connectivity index (χ1v) is 42.5. The van der Waals surface area contributed by atoms with E-state index in [1.54, 1.807) is 88.8 Å². The van der Waals surface area contributed by atoms with Crippen LogP contribution in [-0.4, -0.2) is 54.8 Å². The molecule has 0 amide bonds. The van der Waals surface area contributed by atoms with E-state index < -0.39 is 47.5 Å². The number of benzene rings is 9. The van der Waals surface area contributed by atoms with E-state index in [4.69, 9.17) is 27.4 Å². The van der Waals surface area contributed by atoms with Crippen molar-refractivity contribution >= 4 is 0 Å². The van der Waals surface area contributed by atoms with Gasteiger partial charge in [0.2, 0.25) is 0 Å². The predicted octanol–water partition coefficient (Wildman–Crippen LogP) is 29.1. The van der Waals surface area contributed by atoms with Crippen LogP contribution in [0.15, 0.2) is 402 Å². The Bertz CT molecular complexity index is 7390. The zero-order valence-corrected chi connectivity index (χ0v) is 84.6. The summed E-state index contributed by atoms with van der Waals surface area (Å²) in [6.45, 7) is -4.01. The largest absolute Gasteiger partial charge is 0.305 e. The van der Waals surface area contributed by atoms with E-state index in [1.807, 2.05) is 249 Å². The maximum atomic E-state index is 7.91. The topological polar surface area (TPSA) is 142 Å². The number of pyridine rings is 11. The van der Waals surface area contributed by atoms with Crippen LogP contribution in [0.5, 0.6) is 0 Å². The SMILES string of the molecule is CCc1ccnc(-c2[c-]ccc(-c3ccccn3)c2)c1.[2H]C([2H])([2H])C([2H])([2H])c1ccnc(-c2[c-]ccc(-c3ccccn3)c2)c1.[2H]C([2H])([2H])c1ccnc(-c2[c-]ccc(-c3ccccn3)c2)c1.[2H]C([2H])([2H])c1cnc(-c2[c-]cccc2)cc1C.[2H]C([2H])([2H])c1cnc(-c2[c-]cccc2)cc1C.[2H]C([2H])([2H])c1cnc(-c2[c-]cccc2)cc1C.[2H]C([2H])([2H])c1cnc(-c2[c-]cccc2)cc1C.[Ir].[Ir].[Ir].[Ir].[c-]1cc(-c2ccccc2)ccc1-c1ccccn1. The van der Waals surface area contributed by atoms with Gasteiger partial charge in [0, 0.05) is 176 Å². The quantitative estimate of drug-likeness (QED) is 0.0960. The molecular formula is C122H103Ir4N11-8. The van der Waals surface area contributed by atoms with Gasteiger partial charge in [-0.25, -0.2) is 0 Å². The minimum atomic E-state index is -2.76. The Morgan fingerprint density at radius 1 is 0.226 bits per heavy atom. The number of nitrogens with zero attached hydrogens (tertiary/aromatic N) is 11. The van der Waals surface area contributed by atoms with E-state index in [0.717, 1.165) is 136 Å². The molecule has 0 unspecified atom stereocenters. The van der Waals surface area contributed by atoms with Crippen LogP contribution in [0.2, 0.25) is 0 Å². The molecule has 4 radical (unpaired) electrons. The smallest absolute Gasteiger partial charge is 0.0518 e. The van der Waals surface area contributed by atoms with Gasteiger partial charge >= 0.3 is 0 Å². The average Bonchev–Trinajstić information content (AvgIpc) is 0.783. The third kappa shape index (κ3) is 32.8. The van der Waals surface area contributed by atoms with E-state index in [1.165, 1.54) is 72.1 Å². The fraction of sp³-hybridized carbons (Fsp3) is 0.107. The van der Waals surface area contributed by atoms with E-state index in [0.29, 0.717) is 39.2 Å². The number of aromatic nitrogens is 11. The van der Waals surface area contributed by atoms with Crippen molar-refractivity contribution in [1.29, 1.82) is 0 Å². The molecule has 15 heteroatoms. The summed E-state index contributed by atoms with van der Waals surface area (Å²) in [5.41, 5.74) is 26.5. The second-order valence-electron chi connectivity index (χ2n) is 29.7. The summed E-state index contributed by atoms with van der Waals surface area (Å²) in [4.78, 5) is 47.0. The Morgan fingerprint density at radius 2 is 0.547 bits per heavy atom. The normalized spacial score (nSPS) is 12.8. The van der Waals surface area contributed by atoms with Gasteiger partial charge in [0.25, 0.3) is 0 Å². The summed E-state index contributed by atoms with van der Waals surface area (Å²) in [6.07, 6.45) is 16.1. The molecule has 11 heterocycles. The Kier molecular flexibility index (Phi) is 33.2. The minimum Gasteiger partial charge on any atom is -0.305 e. The van der Waals surface area contributed by atoms with E-state index in [9.17, 15) is 0 Å². The third-order valence-electron chi connectivity index (χ3n) is 20.3. The molecule has 0 saturated heterocycles. The number of rotatable bonds is 14. The standard InChI is InChI=1S/2C18H15N2.C17H13N2.C17H12N.4C13H12N.4Ir/c2*1-2-14-9-11-20-18(12-14)16-7-5-6-15(13-16)17-8-3-4-10-19-17;1-13-8-10-19-17(11-13)15-6-4-5-14(12-15)16-7-2-3-9-18-16;1-2-6-14(7-3-1)15-9-11-16(12-10-15)17-8-4-5-13-18-17;4*1-10-8-13(14-9-11(10)2)12-6-4-3-5-7-12;;;;/h2*3-6,8-13H,2H2,1H3;2-5,7-12H,1H3;1-11,13H;4*3-6,8-9H,1-2H3;;;;/q8*-1;;;;/i1D3,2D2;;1D3;;4*2D3;;;;. The first kappa shape index (κ1) is 80.5. The van der Waals surface area contributed by atoms with Crippen LogP contribution in [0.1, 0.15) is 102 Å². The van der Waals surface area contributed by atoms with Crippen molar-refractivity contribution in [3.8, 4) is 135 Å². The fourth-order valence-corrected chi connectivity index (χ4v) is 12.9. The van der Waals surface area contributed by atoms with Crippen molar-refractivity contribution in [3.05, 3.63) is 512 Å². The predicted molar refractivity (Wildman–Crippen MR) is 545 cm³/mol. The Labute approximate surface area is 891 Å². The number of aryl methyl sites for hydroxylation is 11. The molecule has 9 aromatic carbocycles. The second-order valence-corrected chi connectivity index (χ2v) is 29.7. The average molecular weight is 2510 g/mol. The molecule has 20 aromatic rings. The van der Waals surface area contributed by atoms with E-state index in [2.05, 4.69) is 147 Å². The summed E-state index contributed by atoms with van der Waals surface area (Å²) in [5, 5.41) is 0. The van der Waals surface area contributed by atoms with Crippen LogP contribution >= 0.6 is 0 Å². The summed E-state index contributed by atoms with van der Waals surface area (Å²) in [5.74, 6) is 0. The molecule has 0 atom stereocenters. The van der Waals surface area contributed by atoms with Crippen LogP contribution in [0.3, 0.4) is 0 Å². The molecule has 0 N–H and O–H groups in total. The van der Waals surface area contributed by atoms with Gasteiger partial charge in [-0.15, -0.1) is 263 Å². The van der Waals surface area contributed by atoms with Crippen LogP contribution in [0.4, 0.5) is 0 Å². The van der Waals surface area contributed by atoms with Gasteiger partial charge in [-0.1, -0.05) is 184 Å². The maximum Gasteiger partial charge on any atom is 0.0518 e. The summed E-state index contributed by atoms with van der Waals surface area (Å²) in [6, 6.07) is 129. The van der Waals surface area contributed by atoms with Gasteiger partial charge in [0.15, 0.2) is 0 Å². The number of hydrogen-bond acceptors (Lipinski definition) is 11. The van der Waals surface area contributed by atoms with Crippen molar-refractivity contribution in [2.75, 3.05) is 0 Å². The third-order valence-corrected chi connectivity index (χ3v) is 20.3. The molecule has 0 aliphatic carbocycles. The van der Waals surface area contributed by atoms with Gasteiger partial charge in [0.05, 0.1) is 17.1 Å². The second kappa shape index (κ2) is 56.5. The Morgan fingerprint density at radius 3 is 0.869 bits per heavy atom. The molecule has 20 rings (SSSR count). The molecule has 690 valence electrons. The summed E-state index contributed by atoms with van der Waals surface area (Å²) in [7, 11) is 0. The van der Waals surface area contributed by atoms with Gasteiger partial charge in [-0.2, -0.15) is 0 Å². The van der Waals surface area contributed by atoms with Crippen molar-refractivity contribution in [1.82, 2.24) is 54.8 Å². The fourth-order valence-electron chi connectivity index (χ4n) is 12.9. The Balaban J connectivity index is 0.000000198.